The van der Waals surface area contributed by atoms with Gasteiger partial charge in [0.1, 0.15) is 11.4 Å². The highest BCUT2D eigenvalue weighted by atomic mass is 16.5. The van der Waals surface area contributed by atoms with E-state index in [9.17, 15) is 5.11 Å². The maximum absolute atomic E-state index is 10.3. The van der Waals surface area contributed by atoms with Crippen LogP contribution in [0.5, 0.6) is 5.75 Å². The van der Waals surface area contributed by atoms with Crippen molar-refractivity contribution in [2.24, 2.45) is 5.92 Å². The monoisotopic (exact) mass is 523 g/mol. The molecule has 4 unspecified atom stereocenters. The molecule has 2 bridgehead atoms. The summed E-state index contributed by atoms with van der Waals surface area (Å²) >= 11 is 0. The maximum atomic E-state index is 10.3. The van der Waals surface area contributed by atoms with Gasteiger partial charge in [-0.25, -0.2) is 4.98 Å². The van der Waals surface area contributed by atoms with Gasteiger partial charge in [0.05, 0.1) is 24.0 Å². The third kappa shape index (κ3) is 4.64. The van der Waals surface area contributed by atoms with Crippen LogP contribution in [0.15, 0.2) is 48.7 Å². The van der Waals surface area contributed by atoms with Gasteiger partial charge in [-0.05, 0) is 55.5 Å². The molecule has 39 heavy (non-hydrogen) atoms. The average molecular weight is 524 g/mol. The van der Waals surface area contributed by atoms with Crippen molar-refractivity contribution in [2.45, 2.75) is 37.5 Å². The molecule has 0 amide bonds. The molecule has 9 nitrogen and oxygen atoms in total. The van der Waals surface area contributed by atoms with Gasteiger partial charge in [-0.15, -0.1) is 10.2 Å². The Hall–Kier alpha value is -3.87. The second-order valence-corrected chi connectivity index (χ2v) is 11.1. The number of pyridine rings is 1. The molecule has 7 rings (SSSR count). The number of phenols is 1. The van der Waals surface area contributed by atoms with Gasteiger partial charge in [-0.1, -0.05) is 18.1 Å². The lowest BCUT2D eigenvalue weighted by Gasteiger charge is -2.43. The molecule has 0 saturated carbocycles. The largest absolute Gasteiger partial charge is 0.507 e. The number of likely N-dealkylation sites (tertiary alicyclic amines) is 1. The average Bonchev–Trinajstić information content (AvgIpc) is 3.61. The highest BCUT2D eigenvalue weighted by molar-refractivity contribution is 5.74. The molecular formula is C30H33N7O2. The highest BCUT2D eigenvalue weighted by Gasteiger charge is 2.41. The van der Waals surface area contributed by atoms with Gasteiger partial charge in [0.2, 0.25) is 0 Å². The maximum Gasteiger partial charge on any atom is 0.169 e. The second kappa shape index (κ2) is 10.0. The van der Waals surface area contributed by atoms with Gasteiger partial charge in [0, 0.05) is 68.2 Å². The zero-order valence-electron chi connectivity index (χ0n) is 21.9. The van der Waals surface area contributed by atoms with Crippen LogP contribution in [0.1, 0.15) is 25.0 Å². The number of phenolic OH excluding ortho intramolecular Hbond substituents is 1. The lowest BCUT2D eigenvalue weighted by Crippen LogP contribution is -2.54. The van der Waals surface area contributed by atoms with Gasteiger partial charge in [-0.3, -0.25) is 4.90 Å². The van der Waals surface area contributed by atoms with Crippen LogP contribution >= 0.6 is 0 Å². The third-order valence-corrected chi connectivity index (χ3v) is 8.64. The number of nitrogens with zero attached hydrogens (tertiary/aromatic N) is 6. The molecule has 4 saturated heterocycles. The van der Waals surface area contributed by atoms with Gasteiger partial charge >= 0.3 is 0 Å². The number of para-hydroxylation sites is 1. The van der Waals surface area contributed by atoms with Crippen molar-refractivity contribution in [3.05, 3.63) is 54.4 Å². The first-order valence-corrected chi connectivity index (χ1v) is 13.9. The minimum atomic E-state index is 0.181. The zero-order chi connectivity index (χ0) is 26.3. The van der Waals surface area contributed by atoms with Crippen molar-refractivity contribution in [1.29, 1.82) is 0 Å². The molecular weight excluding hydrogens is 490 g/mol. The number of hydrogen-bond donors (Lipinski definition) is 2. The fourth-order valence-corrected chi connectivity index (χ4v) is 6.77. The van der Waals surface area contributed by atoms with Crippen molar-refractivity contribution in [3.63, 3.8) is 0 Å². The lowest BCUT2D eigenvalue weighted by molar-refractivity contribution is 0.101. The minimum absolute atomic E-state index is 0.181. The molecule has 3 aromatic rings. The number of fused-ring (bicyclic) bond motifs is 3. The lowest BCUT2D eigenvalue weighted by atomic mass is 10.1. The van der Waals surface area contributed by atoms with Crippen molar-refractivity contribution < 1.29 is 9.84 Å². The number of aromatic hydroxyl groups is 1. The normalized spacial score (nSPS) is 25.9. The van der Waals surface area contributed by atoms with E-state index in [1.807, 2.05) is 24.4 Å². The summed E-state index contributed by atoms with van der Waals surface area (Å²) in [7, 11) is 0. The summed E-state index contributed by atoms with van der Waals surface area (Å²) in [4.78, 5) is 11.8. The quantitative estimate of drug-likeness (QED) is 0.500. The molecule has 200 valence electrons. The summed E-state index contributed by atoms with van der Waals surface area (Å²) in [6.07, 6.45) is 5.69. The molecule has 0 aliphatic carbocycles. The van der Waals surface area contributed by atoms with Crippen LogP contribution in [0, 0.1) is 17.8 Å². The Kier molecular flexibility index (Phi) is 6.22. The number of anilines is 3. The van der Waals surface area contributed by atoms with Crippen LogP contribution < -0.4 is 15.5 Å². The Morgan fingerprint density at radius 3 is 2.67 bits per heavy atom. The standard InChI is InChI=1S/C30H33N7O2/c31-30-27(15-26(33-34-30)25-5-1-2-6-28(25)38)36-17-23-7-8-24(18-36)37(23)22-9-11-32-21(14-22)4-3-12-35-16-20-10-13-39-29(20)19-35/h1-2,5-6,9,11,14-15,20,23-24,29,38H,7-8,10,12-13,16-19H2,(H2,31,34). The van der Waals surface area contributed by atoms with Crippen molar-refractivity contribution in [1.82, 2.24) is 20.1 Å². The summed E-state index contributed by atoms with van der Waals surface area (Å²) in [5, 5.41) is 18.8. The number of ether oxygens (including phenoxy) is 1. The number of nitrogen functional groups attached to an aromatic ring is 1. The molecule has 1 aromatic carbocycles. The van der Waals surface area contributed by atoms with Crippen LogP contribution in [0.2, 0.25) is 0 Å². The predicted octanol–water partition coefficient (Wildman–Crippen LogP) is 2.76. The second-order valence-electron chi connectivity index (χ2n) is 11.1. The van der Waals surface area contributed by atoms with E-state index in [1.165, 1.54) is 12.1 Å². The van der Waals surface area contributed by atoms with Crippen molar-refractivity contribution >= 4 is 17.2 Å². The molecule has 4 fully saturated rings. The predicted molar refractivity (Wildman–Crippen MR) is 150 cm³/mol. The van der Waals surface area contributed by atoms with E-state index >= 15 is 0 Å². The Morgan fingerprint density at radius 2 is 1.85 bits per heavy atom. The number of aromatic nitrogens is 3. The smallest absolute Gasteiger partial charge is 0.169 e. The molecule has 2 aromatic heterocycles. The first-order valence-electron chi connectivity index (χ1n) is 13.9. The van der Waals surface area contributed by atoms with E-state index in [2.05, 4.69) is 53.9 Å². The van der Waals surface area contributed by atoms with E-state index in [-0.39, 0.29) is 5.75 Å². The molecule has 9 heteroatoms. The van der Waals surface area contributed by atoms with E-state index in [4.69, 9.17) is 10.5 Å². The fourth-order valence-electron chi connectivity index (χ4n) is 6.77. The topological polar surface area (TPSA) is 104 Å². The zero-order valence-corrected chi connectivity index (χ0v) is 21.9. The Labute approximate surface area is 228 Å². The first kappa shape index (κ1) is 24.2. The van der Waals surface area contributed by atoms with Gasteiger partial charge in [0.15, 0.2) is 5.82 Å². The number of benzene rings is 1. The Morgan fingerprint density at radius 1 is 1.00 bits per heavy atom. The van der Waals surface area contributed by atoms with E-state index < -0.39 is 0 Å². The summed E-state index contributed by atoms with van der Waals surface area (Å²) in [6, 6.07) is 14.1. The number of nitrogens with two attached hydrogens (primary N) is 1. The van der Waals surface area contributed by atoms with Crippen LogP contribution in [-0.4, -0.2) is 82.7 Å². The van der Waals surface area contributed by atoms with Crippen molar-refractivity contribution in [2.75, 3.05) is 54.9 Å². The van der Waals surface area contributed by atoms with E-state index in [0.717, 1.165) is 63.6 Å². The molecule has 6 heterocycles. The molecule has 0 radical (unpaired) electrons. The van der Waals surface area contributed by atoms with Crippen LogP contribution in [0.25, 0.3) is 11.3 Å². The SMILES string of the molecule is Nc1nnc(-c2ccccc2O)cc1N1CC2CCC(C1)N2c1ccnc(C#CCN2CC3CCOC3C2)c1. The van der Waals surface area contributed by atoms with E-state index in [1.54, 1.807) is 12.1 Å². The number of piperazine rings is 1. The first-order chi connectivity index (χ1) is 19.1. The molecule has 0 spiro atoms. The van der Waals surface area contributed by atoms with Gasteiger partial charge in [0.25, 0.3) is 0 Å². The van der Waals surface area contributed by atoms with Crippen LogP contribution in [-0.2, 0) is 4.74 Å². The third-order valence-electron chi connectivity index (χ3n) is 8.64. The summed E-state index contributed by atoms with van der Waals surface area (Å²) in [5.74, 6) is 7.92. The molecule has 4 atom stereocenters. The minimum Gasteiger partial charge on any atom is -0.507 e. The van der Waals surface area contributed by atoms with Crippen molar-refractivity contribution in [3.8, 4) is 28.8 Å². The number of rotatable bonds is 4. The Bertz CT molecular complexity index is 1410. The number of hydrogen-bond acceptors (Lipinski definition) is 9. The van der Waals surface area contributed by atoms with Gasteiger partial charge < -0.3 is 25.4 Å². The molecule has 4 aliphatic rings. The Balaban J connectivity index is 1.06. The van der Waals surface area contributed by atoms with Crippen LogP contribution in [0.4, 0.5) is 17.2 Å². The molecule has 4 aliphatic heterocycles. The fraction of sp³-hybridized carbons (Fsp3) is 0.433. The summed E-state index contributed by atoms with van der Waals surface area (Å²) in [6.45, 7) is 5.44. The van der Waals surface area contributed by atoms with Gasteiger partial charge in [-0.2, -0.15) is 0 Å². The summed E-state index contributed by atoms with van der Waals surface area (Å²) < 4.78 is 5.82. The van der Waals surface area contributed by atoms with E-state index in [0.29, 0.717) is 41.2 Å². The molecule has 3 N–H and O–H groups in total. The summed E-state index contributed by atoms with van der Waals surface area (Å²) in [5.41, 5.74) is 10.5. The highest BCUT2D eigenvalue weighted by Crippen LogP contribution is 2.39. The van der Waals surface area contributed by atoms with Crippen LogP contribution in [0.3, 0.4) is 0 Å².